The van der Waals surface area contributed by atoms with E-state index in [1.165, 1.54) is 5.56 Å². The van der Waals surface area contributed by atoms with Gasteiger partial charge in [0.1, 0.15) is 0 Å². The molecule has 1 rings (SSSR count). The molecule has 0 aromatic heterocycles. The predicted octanol–water partition coefficient (Wildman–Crippen LogP) is 3.15. The molecule has 0 aliphatic carbocycles. The second kappa shape index (κ2) is 6.77. The number of nitrogens with two attached hydrogens (primary N) is 1. The minimum atomic E-state index is -0.158. The number of rotatable bonds is 7. The Bertz CT molecular complexity index is 298. The van der Waals surface area contributed by atoms with Crippen LogP contribution in [0.2, 0.25) is 0 Å². The van der Waals surface area contributed by atoms with Crippen molar-refractivity contribution in [3.63, 3.8) is 0 Å². The molecule has 1 unspecified atom stereocenters. The lowest BCUT2D eigenvalue weighted by molar-refractivity contribution is -0.0393. The highest BCUT2D eigenvalue weighted by atomic mass is 16.5. The van der Waals surface area contributed by atoms with Crippen LogP contribution in [-0.2, 0) is 11.2 Å². The summed E-state index contributed by atoms with van der Waals surface area (Å²) in [5.41, 5.74) is 7.50. The molecule has 0 saturated heterocycles. The van der Waals surface area contributed by atoms with Crippen LogP contribution in [0.1, 0.15) is 38.7 Å². The van der Waals surface area contributed by atoms with Crippen LogP contribution in [0.25, 0.3) is 0 Å². The van der Waals surface area contributed by atoms with E-state index in [2.05, 4.69) is 38.1 Å². The fourth-order valence-electron chi connectivity index (χ4n) is 2.44. The van der Waals surface area contributed by atoms with E-state index in [4.69, 9.17) is 10.5 Å². The molecule has 0 heterocycles. The summed E-state index contributed by atoms with van der Waals surface area (Å²) >= 11 is 0. The van der Waals surface area contributed by atoms with E-state index < -0.39 is 0 Å². The molecule has 0 radical (unpaired) electrons. The summed E-state index contributed by atoms with van der Waals surface area (Å²) in [7, 11) is 1.77. The van der Waals surface area contributed by atoms with Crippen molar-refractivity contribution >= 4 is 0 Å². The Kier molecular flexibility index (Phi) is 5.66. The Morgan fingerprint density at radius 3 is 2.24 bits per heavy atom. The Hall–Kier alpha value is -0.860. The fraction of sp³-hybridized carbons (Fsp3) is 0.600. The van der Waals surface area contributed by atoms with Crippen LogP contribution in [-0.4, -0.2) is 18.8 Å². The van der Waals surface area contributed by atoms with Gasteiger partial charge in [0.05, 0.1) is 5.60 Å². The number of ether oxygens (including phenoxy) is 1. The molecule has 1 aromatic rings. The third kappa shape index (κ3) is 3.55. The van der Waals surface area contributed by atoms with Crippen molar-refractivity contribution in [2.75, 3.05) is 7.11 Å². The van der Waals surface area contributed by atoms with Crippen molar-refractivity contribution in [2.24, 2.45) is 5.73 Å². The number of benzene rings is 1. The largest absolute Gasteiger partial charge is 0.377 e. The summed E-state index contributed by atoms with van der Waals surface area (Å²) in [4.78, 5) is 0. The van der Waals surface area contributed by atoms with Gasteiger partial charge in [-0.25, -0.2) is 0 Å². The quantitative estimate of drug-likeness (QED) is 0.788. The van der Waals surface area contributed by atoms with Crippen LogP contribution in [0.4, 0.5) is 0 Å². The van der Waals surface area contributed by atoms with Crippen LogP contribution in [0.3, 0.4) is 0 Å². The van der Waals surface area contributed by atoms with Crippen LogP contribution in [0.15, 0.2) is 30.3 Å². The average Bonchev–Trinajstić information content (AvgIpc) is 2.40. The van der Waals surface area contributed by atoms with Gasteiger partial charge in [0.25, 0.3) is 0 Å². The number of hydrogen-bond acceptors (Lipinski definition) is 2. The van der Waals surface area contributed by atoms with Crippen LogP contribution < -0.4 is 5.73 Å². The van der Waals surface area contributed by atoms with Crippen molar-refractivity contribution in [1.29, 1.82) is 0 Å². The van der Waals surface area contributed by atoms with Crippen molar-refractivity contribution in [3.05, 3.63) is 35.9 Å². The second-order valence-corrected chi connectivity index (χ2v) is 4.61. The summed E-state index contributed by atoms with van der Waals surface area (Å²) in [5, 5.41) is 0. The van der Waals surface area contributed by atoms with Gasteiger partial charge in [-0.3, -0.25) is 0 Å². The molecule has 2 N–H and O–H groups in total. The molecule has 0 amide bonds. The first-order valence-corrected chi connectivity index (χ1v) is 6.53. The van der Waals surface area contributed by atoms with Gasteiger partial charge in [0.15, 0.2) is 0 Å². The number of hydrogen-bond donors (Lipinski definition) is 1. The van der Waals surface area contributed by atoms with Crippen molar-refractivity contribution in [3.8, 4) is 0 Å². The van der Waals surface area contributed by atoms with Crippen LogP contribution in [0.5, 0.6) is 0 Å². The molecule has 1 aromatic carbocycles. The predicted molar refractivity (Wildman–Crippen MR) is 73.1 cm³/mol. The standard InChI is InChI=1S/C15H25NO/c1-4-15(5-2,17-3)14(16)12-11-13-9-7-6-8-10-13/h6-10,14H,4-5,11-12,16H2,1-3H3. The molecule has 17 heavy (non-hydrogen) atoms. The van der Waals surface area contributed by atoms with Gasteiger partial charge in [-0.15, -0.1) is 0 Å². The maximum absolute atomic E-state index is 6.31. The minimum absolute atomic E-state index is 0.0997. The van der Waals surface area contributed by atoms with E-state index in [0.29, 0.717) is 0 Å². The third-order valence-corrected chi connectivity index (χ3v) is 3.87. The Balaban J connectivity index is 2.56. The molecule has 0 aliphatic rings. The zero-order valence-corrected chi connectivity index (χ0v) is 11.3. The zero-order chi connectivity index (χ0) is 12.7. The molecule has 2 heteroatoms. The average molecular weight is 235 g/mol. The van der Waals surface area contributed by atoms with Crippen molar-refractivity contribution < 1.29 is 4.74 Å². The van der Waals surface area contributed by atoms with Crippen molar-refractivity contribution in [1.82, 2.24) is 0 Å². The van der Waals surface area contributed by atoms with Gasteiger partial charge >= 0.3 is 0 Å². The molecular formula is C15H25NO. The van der Waals surface area contributed by atoms with E-state index >= 15 is 0 Å². The summed E-state index contributed by atoms with van der Waals surface area (Å²) < 4.78 is 5.66. The first-order chi connectivity index (χ1) is 8.18. The third-order valence-electron chi connectivity index (χ3n) is 3.87. The topological polar surface area (TPSA) is 35.2 Å². The molecule has 2 nitrogen and oxygen atoms in total. The summed E-state index contributed by atoms with van der Waals surface area (Å²) in [6.07, 6.45) is 3.93. The molecule has 96 valence electrons. The first-order valence-electron chi connectivity index (χ1n) is 6.53. The van der Waals surface area contributed by atoms with Crippen LogP contribution >= 0.6 is 0 Å². The highest BCUT2D eigenvalue weighted by Gasteiger charge is 2.32. The number of methoxy groups -OCH3 is 1. The molecule has 0 aliphatic heterocycles. The second-order valence-electron chi connectivity index (χ2n) is 4.61. The van der Waals surface area contributed by atoms with E-state index in [1.807, 2.05) is 6.07 Å². The highest BCUT2D eigenvalue weighted by Crippen LogP contribution is 2.25. The Morgan fingerprint density at radius 1 is 1.18 bits per heavy atom. The lowest BCUT2D eigenvalue weighted by Crippen LogP contribution is -2.48. The molecular weight excluding hydrogens is 210 g/mol. The SMILES string of the molecule is CCC(CC)(OC)C(N)CCc1ccccc1. The fourth-order valence-corrected chi connectivity index (χ4v) is 2.44. The lowest BCUT2D eigenvalue weighted by atomic mass is 9.85. The van der Waals surface area contributed by atoms with E-state index in [-0.39, 0.29) is 11.6 Å². The minimum Gasteiger partial charge on any atom is -0.377 e. The molecule has 0 fully saturated rings. The van der Waals surface area contributed by atoms with Crippen LogP contribution in [0, 0.1) is 0 Å². The zero-order valence-electron chi connectivity index (χ0n) is 11.3. The molecule has 0 saturated carbocycles. The molecule has 1 atom stereocenters. The summed E-state index contributed by atoms with van der Waals surface area (Å²) in [6, 6.07) is 10.6. The summed E-state index contributed by atoms with van der Waals surface area (Å²) in [5.74, 6) is 0. The molecule has 0 spiro atoms. The van der Waals surface area contributed by atoms with Gasteiger partial charge in [0.2, 0.25) is 0 Å². The van der Waals surface area contributed by atoms with Gasteiger partial charge in [0, 0.05) is 13.2 Å². The van der Waals surface area contributed by atoms with E-state index in [1.54, 1.807) is 7.11 Å². The van der Waals surface area contributed by atoms with Gasteiger partial charge < -0.3 is 10.5 Å². The smallest absolute Gasteiger partial charge is 0.0823 e. The normalized spacial score (nSPS) is 13.6. The van der Waals surface area contributed by atoms with Gasteiger partial charge in [-0.05, 0) is 31.2 Å². The maximum Gasteiger partial charge on any atom is 0.0823 e. The van der Waals surface area contributed by atoms with Gasteiger partial charge in [-0.2, -0.15) is 0 Å². The highest BCUT2D eigenvalue weighted by molar-refractivity contribution is 5.15. The van der Waals surface area contributed by atoms with Gasteiger partial charge in [-0.1, -0.05) is 44.2 Å². The lowest BCUT2D eigenvalue weighted by Gasteiger charge is -2.36. The number of aryl methyl sites for hydroxylation is 1. The van der Waals surface area contributed by atoms with E-state index in [0.717, 1.165) is 25.7 Å². The Morgan fingerprint density at radius 2 is 1.76 bits per heavy atom. The maximum atomic E-state index is 6.31. The monoisotopic (exact) mass is 235 g/mol. The molecule has 0 bridgehead atoms. The summed E-state index contributed by atoms with van der Waals surface area (Å²) in [6.45, 7) is 4.30. The first kappa shape index (κ1) is 14.2. The Labute approximate surface area is 105 Å². The van der Waals surface area contributed by atoms with Crippen molar-refractivity contribution in [2.45, 2.75) is 51.2 Å². The van der Waals surface area contributed by atoms with E-state index in [9.17, 15) is 0 Å².